The lowest BCUT2D eigenvalue weighted by Gasteiger charge is -2.07. The van der Waals surface area contributed by atoms with Gasteiger partial charge < -0.3 is 4.74 Å². The number of benzene rings is 3. The summed E-state index contributed by atoms with van der Waals surface area (Å²) in [6.07, 6.45) is 1.64. The van der Waals surface area contributed by atoms with E-state index in [1.165, 1.54) is 30.3 Å². The molecule has 0 saturated carbocycles. The SMILES string of the molecule is N#CC(=Cc1ccc(OCc2ccc([N+](=O)[O-])cc2)cc1)c1cccc([N+](=O)[O-])c1. The molecule has 3 rings (SSSR count). The van der Waals surface area contributed by atoms with E-state index < -0.39 is 9.85 Å². The molecule has 0 aliphatic carbocycles. The third-order valence-corrected chi connectivity index (χ3v) is 4.23. The second-order valence-electron chi connectivity index (χ2n) is 6.26. The smallest absolute Gasteiger partial charge is 0.270 e. The number of nitro benzene ring substituents is 2. The number of nitriles is 1. The normalized spacial score (nSPS) is 10.8. The van der Waals surface area contributed by atoms with Gasteiger partial charge in [-0.05, 0) is 47.0 Å². The zero-order chi connectivity index (χ0) is 21.5. The van der Waals surface area contributed by atoms with Crippen molar-refractivity contribution in [3.63, 3.8) is 0 Å². The average Bonchev–Trinajstić information content (AvgIpc) is 2.77. The van der Waals surface area contributed by atoms with Crippen LogP contribution in [-0.2, 0) is 6.61 Å². The van der Waals surface area contributed by atoms with Crippen molar-refractivity contribution >= 4 is 23.0 Å². The standard InChI is InChI=1S/C22H15N3O5/c23-14-19(18-2-1-3-21(13-18)25(28)29)12-16-6-10-22(11-7-16)30-15-17-4-8-20(9-5-17)24(26)27/h1-13H,15H2. The molecule has 0 atom stereocenters. The van der Waals surface area contributed by atoms with Gasteiger partial charge in [-0.2, -0.15) is 5.26 Å². The fourth-order valence-corrected chi connectivity index (χ4v) is 2.67. The van der Waals surface area contributed by atoms with E-state index in [2.05, 4.69) is 6.07 Å². The molecule has 0 spiro atoms. The van der Waals surface area contributed by atoms with Gasteiger partial charge in [-0.3, -0.25) is 20.2 Å². The molecule has 148 valence electrons. The van der Waals surface area contributed by atoms with Crippen molar-refractivity contribution in [3.8, 4) is 11.8 Å². The van der Waals surface area contributed by atoms with E-state index in [0.29, 0.717) is 16.9 Å². The molecular weight excluding hydrogens is 386 g/mol. The Hall–Kier alpha value is -4.51. The van der Waals surface area contributed by atoms with Gasteiger partial charge in [0.25, 0.3) is 11.4 Å². The number of nitrogens with zero attached hydrogens (tertiary/aromatic N) is 3. The van der Waals surface area contributed by atoms with Crippen molar-refractivity contribution in [3.05, 3.63) is 110 Å². The van der Waals surface area contributed by atoms with Crippen LogP contribution in [0.5, 0.6) is 5.75 Å². The van der Waals surface area contributed by atoms with Crippen LogP contribution in [0.2, 0.25) is 0 Å². The average molecular weight is 401 g/mol. The summed E-state index contributed by atoms with van der Waals surface area (Å²) in [4.78, 5) is 20.6. The maximum atomic E-state index is 10.9. The zero-order valence-corrected chi connectivity index (χ0v) is 15.6. The van der Waals surface area contributed by atoms with E-state index >= 15 is 0 Å². The van der Waals surface area contributed by atoms with E-state index in [9.17, 15) is 25.5 Å². The summed E-state index contributed by atoms with van der Waals surface area (Å²) in [6, 6.07) is 21.1. The Labute approximate surface area is 171 Å². The highest BCUT2D eigenvalue weighted by Crippen LogP contribution is 2.23. The van der Waals surface area contributed by atoms with Crippen LogP contribution in [0, 0.1) is 31.6 Å². The van der Waals surface area contributed by atoms with Crippen LogP contribution >= 0.6 is 0 Å². The first-order chi connectivity index (χ1) is 14.5. The summed E-state index contributed by atoms with van der Waals surface area (Å²) < 4.78 is 5.67. The van der Waals surface area contributed by atoms with Crippen molar-refractivity contribution in [1.82, 2.24) is 0 Å². The van der Waals surface area contributed by atoms with Crippen molar-refractivity contribution in [2.75, 3.05) is 0 Å². The lowest BCUT2D eigenvalue weighted by molar-refractivity contribution is -0.385. The largest absolute Gasteiger partial charge is 0.489 e. The topological polar surface area (TPSA) is 119 Å². The molecule has 0 radical (unpaired) electrons. The molecule has 0 heterocycles. The molecule has 0 amide bonds. The van der Waals surface area contributed by atoms with Gasteiger partial charge in [0.05, 0.1) is 21.5 Å². The Morgan fingerprint density at radius 2 is 1.60 bits per heavy atom. The van der Waals surface area contributed by atoms with Crippen LogP contribution < -0.4 is 4.74 Å². The van der Waals surface area contributed by atoms with Crippen LogP contribution in [-0.4, -0.2) is 9.85 Å². The summed E-state index contributed by atoms with van der Waals surface area (Å²) in [6.45, 7) is 0.254. The third-order valence-electron chi connectivity index (χ3n) is 4.23. The van der Waals surface area contributed by atoms with Crippen LogP contribution in [0.4, 0.5) is 11.4 Å². The van der Waals surface area contributed by atoms with Crippen molar-refractivity contribution < 1.29 is 14.6 Å². The number of hydrogen-bond donors (Lipinski definition) is 0. The predicted octanol–water partition coefficient (Wildman–Crippen LogP) is 5.15. The predicted molar refractivity (Wildman–Crippen MR) is 110 cm³/mol. The minimum atomic E-state index is -0.504. The summed E-state index contributed by atoms with van der Waals surface area (Å²) in [5, 5.41) is 31.0. The summed E-state index contributed by atoms with van der Waals surface area (Å²) in [5.74, 6) is 0.597. The fraction of sp³-hybridized carbons (Fsp3) is 0.0455. The molecular formula is C22H15N3O5. The quantitative estimate of drug-likeness (QED) is 0.234. The van der Waals surface area contributed by atoms with E-state index in [1.807, 2.05) is 0 Å². The van der Waals surface area contributed by atoms with E-state index in [1.54, 1.807) is 48.5 Å². The highest BCUT2D eigenvalue weighted by molar-refractivity contribution is 5.90. The summed E-state index contributed by atoms with van der Waals surface area (Å²) >= 11 is 0. The van der Waals surface area contributed by atoms with Gasteiger partial charge in [0.2, 0.25) is 0 Å². The highest BCUT2D eigenvalue weighted by Gasteiger charge is 2.09. The molecule has 0 aliphatic heterocycles. The Morgan fingerprint density at radius 3 is 2.20 bits per heavy atom. The van der Waals surface area contributed by atoms with Crippen LogP contribution in [0.25, 0.3) is 11.6 Å². The van der Waals surface area contributed by atoms with Gasteiger partial charge in [0, 0.05) is 24.3 Å². The molecule has 8 heteroatoms. The van der Waals surface area contributed by atoms with Crippen LogP contribution in [0.3, 0.4) is 0 Å². The number of hydrogen-bond acceptors (Lipinski definition) is 6. The number of allylic oxidation sites excluding steroid dienone is 1. The Morgan fingerprint density at radius 1 is 0.933 bits per heavy atom. The molecule has 30 heavy (non-hydrogen) atoms. The first-order valence-corrected chi connectivity index (χ1v) is 8.79. The minimum Gasteiger partial charge on any atom is -0.489 e. The van der Waals surface area contributed by atoms with Gasteiger partial charge in [-0.1, -0.05) is 24.3 Å². The van der Waals surface area contributed by atoms with E-state index in [4.69, 9.17) is 4.74 Å². The molecule has 0 bridgehead atoms. The molecule has 8 nitrogen and oxygen atoms in total. The lowest BCUT2D eigenvalue weighted by Crippen LogP contribution is -1.96. The second-order valence-corrected chi connectivity index (χ2v) is 6.26. The maximum Gasteiger partial charge on any atom is 0.270 e. The van der Waals surface area contributed by atoms with Gasteiger partial charge in [0.1, 0.15) is 12.4 Å². The number of rotatable bonds is 7. The Kier molecular flexibility index (Phi) is 6.15. The van der Waals surface area contributed by atoms with E-state index in [0.717, 1.165) is 11.1 Å². The summed E-state index contributed by atoms with van der Waals surface area (Å²) in [7, 11) is 0. The van der Waals surface area contributed by atoms with Crippen molar-refractivity contribution in [2.24, 2.45) is 0 Å². The fourth-order valence-electron chi connectivity index (χ4n) is 2.67. The van der Waals surface area contributed by atoms with Crippen LogP contribution in [0.1, 0.15) is 16.7 Å². The van der Waals surface area contributed by atoms with Gasteiger partial charge in [-0.25, -0.2) is 0 Å². The third kappa shape index (κ3) is 5.05. The van der Waals surface area contributed by atoms with Gasteiger partial charge in [0.15, 0.2) is 0 Å². The van der Waals surface area contributed by atoms with Crippen LogP contribution in [0.15, 0.2) is 72.8 Å². The molecule has 0 N–H and O–H groups in total. The Balaban J connectivity index is 1.70. The molecule has 0 unspecified atom stereocenters. The zero-order valence-electron chi connectivity index (χ0n) is 15.6. The maximum absolute atomic E-state index is 10.9. The molecule has 3 aromatic carbocycles. The minimum absolute atomic E-state index is 0.0203. The second kappa shape index (κ2) is 9.12. The van der Waals surface area contributed by atoms with Gasteiger partial charge >= 0.3 is 0 Å². The highest BCUT2D eigenvalue weighted by atomic mass is 16.6. The monoisotopic (exact) mass is 401 g/mol. The molecule has 0 fully saturated rings. The first kappa shape index (κ1) is 20.2. The van der Waals surface area contributed by atoms with Gasteiger partial charge in [-0.15, -0.1) is 0 Å². The molecule has 0 saturated heterocycles. The first-order valence-electron chi connectivity index (χ1n) is 8.79. The number of ether oxygens (including phenoxy) is 1. The van der Waals surface area contributed by atoms with Crippen molar-refractivity contribution in [1.29, 1.82) is 5.26 Å². The molecule has 0 aliphatic rings. The number of nitro groups is 2. The lowest BCUT2D eigenvalue weighted by atomic mass is 10.0. The number of non-ortho nitro benzene ring substituents is 2. The molecule has 0 aromatic heterocycles. The van der Waals surface area contributed by atoms with Crippen molar-refractivity contribution in [2.45, 2.75) is 6.61 Å². The molecule has 3 aromatic rings. The Bertz CT molecular complexity index is 1150. The van der Waals surface area contributed by atoms with E-state index in [-0.39, 0.29) is 18.0 Å². The summed E-state index contributed by atoms with van der Waals surface area (Å²) in [5.41, 5.74) is 2.24.